The molecule has 3 N–H and O–H groups in total. The summed E-state index contributed by atoms with van der Waals surface area (Å²) in [6.45, 7) is 1.55. The fourth-order valence-electron chi connectivity index (χ4n) is 3.36. The summed E-state index contributed by atoms with van der Waals surface area (Å²) in [5, 5.41) is 3.07. The Morgan fingerprint density at radius 1 is 1.24 bits per heavy atom. The van der Waals surface area contributed by atoms with Gasteiger partial charge in [-0.1, -0.05) is 35.1 Å². The van der Waals surface area contributed by atoms with Gasteiger partial charge in [-0.05, 0) is 42.8 Å². The van der Waals surface area contributed by atoms with E-state index in [1.165, 1.54) is 35.9 Å². The van der Waals surface area contributed by atoms with Crippen molar-refractivity contribution in [1.82, 2.24) is 15.3 Å². The van der Waals surface area contributed by atoms with Crippen LogP contribution in [0.4, 0.5) is 18.3 Å². The van der Waals surface area contributed by atoms with Crippen molar-refractivity contribution in [2.75, 3.05) is 5.73 Å². The minimum absolute atomic E-state index is 0.0443. The number of rotatable bonds is 5. The second-order valence-electron chi connectivity index (χ2n) is 7.06. The number of anilines is 1. The zero-order valence-corrected chi connectivity index (χ0v) is 18.6. The van der Waals surface area contributed by atoms with E-state index in [2.05, 4.69) is 20.0 Å². The first kappa shape index (κ1) is 22.8. The molecule has 1 unspecified atom stereocenters. The van der Waals surface area contributed by atoms with Gasteiger partial charge in [0.25, 0.3) is 5.91 Å². The Balaban J connectivity index is 1.80. The fraction of sp³-hybridized carbons (Fsp3) is 0.136. The molecule has 4 aromatic rings. The van der Waals surface area contributed by atoms with Gasteiger partial charge in [0.05, 0.1) is 26.8 Å². The number of amides is 1. The molecule has 2 aromatic heterocycles. The van der Waals surface area contributed by atoms with Crippen LogP contribution in [0.25, 0.3) is 21.3 Å². The number of pyridine rings is 1. The highest BCUT2D eigenvalue weighted by Gasteiger charge is 2.35. The number of hydrogen-bond donors (Lipinski definition) is 2. The molecule has 33 heavy (non-hydrogen) atoms. The Kier molecular flexibility index (Phi) is 6.13. The number of fused-ring (bicyclic) bond motifs is 1. The quantitative estimate of drug-likeness (QED) is 0.357. The van der Waals surface area contributed by atoms with Gasteiger partial charge in [-0.15, -0.1) is 13.2 Å². The molecular weight excluding hydrogens is 477 g/mol. The van der Waals surface area contributed by atoms with Crippen molar-refractivity contribution in [3.05, 3.63) is 71.0 Å². The zero-order valence-electron chi connectivity index (χ0n) is 17.0. The molecule has 2 aromatic carbocycles. The molecule has 2 heterocycles. The van der Waals surface area contributed by atoms with E-state index < -0.39 is 24.1 Å². The van der Waals surface area contributed by atoms with Gasteiger partial charge in [-0.3, -0.25) is 9.78 Å². The number of carbonyl (C=O) groups excluding carboxylic acids is 1. The predicted molar refractivity (Wildman–Crippen MR) is 121 cm³/mol. The second kappa shape index (κ2) is 8.87. The van der Waals surface area contributed by atoms with E-state index in [0.29, 0.717) is 20.9 Å². The molecule has 1 amide bonds. The number of ether oxygens (including phenoxy) is 1. The number of hydrogen-bond acceptors (Lipinski definition) is 6. The summed E-state index contributed by atoms with van der Waals surface area (Å²) in [7, 11) is 0. The number of carbonyl (C=O) groups is 1. The summed E-state index contributed by atoms with van der Waals surface area (Å²) in [6.07, 6.45) is -2.12. The fourth-order valence-corrected chi connectivity index (χ4v) is 4.39. The first-order chi connectivity index (χ1) is 15.6. The monoisotopic (exact) mass is 492 g/mol. The molecule has 11 heteroatoms. The van der Waals surface area contributed by atoms with Crippen LogP contribution < -0.4 is 15.8 Å². The van der Waals surface area contributed by atoms with Gasteiger partial charge in [0.1, 0.15) is 5.75 Å². The number of benzene rings is 2. The lowest BCUT2D eigenvalue weighted by molar-refractivity contribution is -0.274. The summed E-state index contributed by atoms with van der Waals surface area (Å²) in [5.74, 6) is -0.988. The first-order valence-electron chi connectivity index (χ1n) is 9.58. The average Bonchev–Trinajstić information content (AvgIpc) is 3.12. The third-order valence-corrected chi connectivity index (χ3v) is 5.95. The van der Waals surface area contributed by atoms with Gasteiger partial charge in [0.15, 0.2) is 5.13 Å². The van der Waals surface area contributed by atoms with Crippen molar-refractivity contribution in [2.45, 2.75) is 19.3 Å². The summed E-state index contributed by atoms with van der Waals surface area (Å²) in [4.78, 5) is 20.6. The van der Waals surface area contributed by atoms with E-state index in [1.54, 1.807) is 37.3 Å². The van der Waals surface area contributed by atoms with Crippen molar-refractivity contribution < 1.29 is 22.7 Å². The molecule has 170 valence electrons. The number of nitrogens with two attached hydrogens (primary N) is 1. The van der Waals surface area contributed by atoms with Crippen LogP contribution in [-0.2, 0) is 0 Å². The maximum Gasteiger partial charge on any atom is 0.573 e. The van der Waals surface area contributed by atoms with Gasteiger partial charge in [0.2, 0.25) is 0 Å². The standard InChI is InChI=1S/C22H16ClF3N4O2S/c1-11(29-20(31)13-3-2-8-28-10-13)14-5-6-15(23)18(19(14)32-22(24,25)26)12-4-7-16-17(9-12)33-21(27)30-16/h2-11H,1H3,(H2,27,30)(H,29,31). The SMILES string of the molecule is CC(NC(=O)c1cccnc1)c1ccc(Cl)c(-c2ccc3nc(N)sc3c2)c1OC(F)(F)F. The van der Waals surface area contributed by atoms with Crippen molar-refractivity contribution in [3.8, 4) is 16.9 Å². The molecule has 0 bridgehead atoms. The van der Waals surface area contributed by atoms with E-state index in [4.69, 9.17) is 17.3 Å². The van der Waals surface area contributed by atoms with E-state index >= 15 is 0 Å². The van der Waals surface area contributed by atoms with Crippen LogP contribution >= 0.6 is 22.9 Å². The number of nitrogens with zero attached hydrogens (tertiary/aromatic N) is 2. The molecule has 0 fully saturated rings. The van der Waals surface area contributed by atoms with Crippen molar-refractivity contribution in [2.24, 2.45) is 0 Å². The smallest absolute Gasteiger partial charge is 0.405 e. The van der Waals surface area contributed by atoms with Crippen LogP contribution in [0.15, 0.2) is 54.9 Å². The minimum Gasteiger partial charge on any atom is -0.405 e. The number of nitrogen functional groups attached to an aromatic ring is 1. The highest BCUT2D eigenvalue weighted by Crippen LogP contribution is 2.44. The lowest BCUT2D eigenvalue weighted by atomic mass is 9.97. The minimum atomic E-state index is -4.99. The first-order valence-corrected chi connectivity index (χ1v) is 10.8. The van der Waals surface area contributed by atoms with Gasteiger partial charge in [-0.2, -0.15) is 0 Å². The normalized spacial score (nSPS) is 12.5. The van der Waals surface area contributed by atoms with Crippen LogP contribution in [0.1, 0.15) is 28.9 Å². The number of thiazole rings is 1. The van der Waals surface area contributed by atoms with Gasteiger partial charge in [-0.25, -0.2) is 4.98 Å². The second-order valence-corrected chi connectivity index (χ2v) is 8.53. The van der Waals surface area contributed by atoms with Crippen LogP contribution in [0, 0.1) is 0 Å². The predicted octanol–water partition coefficient (Wildman–Crippen LogP) is 5.98. The molecular formula is C22H16ClF3N4O2S. The highest BCUT2D eigenvalue weighted by molar-refractivity contribution is 7.22. The molecule has 0 aliphatic rings. The Hall–Kier alpha value is -3.37. The molecule has 1 atom stereocenters. The highest BCUT2D eigenvalue weighted by atomic mass is 35.5. The van der Waals surface area contributed by atoms with Crippen LogP contribution in [-0.4, -0.2) is 22.2 Å². The average molecular weight is 493 g/mol. The molecule has 4 rings (SSSR count). The summed E-state index contributed by atoms with van der Waals surface area (Å²) >= 11 is 7.55. The number of alkyl halides is 3. The molecule has 0 aliphatic heterocycles. The topological polar surface area (TPSA) is 90.1 Å². The van der Waals surface area contributed by atoms with Crippen molar-refractivity contribution in [1.29, 1.82) is 0 Å². The van der Waals surface area contributed by atoms with Crippen LogP contribution in [0.5, 0.6) is 5.75 Å². The number of nitrogens with one attached hydrogen (secondary N) is 1. The van der Waals surface area contributed by atoms with E-state index in [1.807, 2.05) is 0 Å². The molecule has 0 saturated heterocycles. The molecule has 6 nitrogen and oxygen atoms in total. The molecule has 0 saturated carbocycles. The zero-order chi connectivity index (χ0) is 23.8. The Morgan fingerprint density at radius 3 is 2.73 bits per heavy atom. The molecule has 0 aliphatic carbocycles. The lowest BCUT2D eigenvalue weighted by Crippen LogP contribution is -2.28. The van der Waals surface area contributed by atoms with Gasteiger partial charge in [0, 0.05) is 23.5 Å². The number of aromatic nitrogens is 2. The summed E-state index contributed by atoms with van der Waals surface area (Å²) < 4.78 is 45.4. The lowest BCUT2D eigenvalue weighted by Gasteiger charge is -2.22. The summed E-state index contributed by atoms with van der Waals surface area (Å²) in [5.41, 5.74) is 7.17. The Labute approximate surface area is 195 Å². The Bertz CT molecular complexity index is 1330. The van der Waals surface area contributed by atoms with E-state index in [-0.39, 0.29) is 21.7 Å². The van der Waals surface area contributed by atoms with E-state index in [0.717, 1.165) is 0 Å². The number of halogens is 4. The molecule has 0 radical (unpaired) electrons. The Morgan fingerprint density at radius 2 is 2.03 bits per heavy atom. The molecule has 0 spiro atoms. The maximum atomic E-state index is 13.4. The van der Waals surface area contributed by atoms with Gasteiger partial charge >= 0.3 is 6.36 Å². The van der Waals surface area contributed by atoms with Gasteiger partial charge < -0.3 is 15.8 Å². The van der Waals surface area contributed by atoms with E-state index in [9.17, 15) is 18.0 Å². The van der Waals surface area contributed by atoms with Crippen LogP contribution in [0.2, 0.25) is 5.02 Å². The van der Waals surface area contributed by atoms with Crippen molar-refractivity contribution in [3.63, 3.8) is 0 Å². The maximum absolute atomic E-state index is 13.4. The van der Waals surface area contributed by atoms with Crippen molar-refractivity contribution >= 4 is 44.2 Å². The van der Waals surface area contributed by atoms with Crippen LogP contribution in [0.3, 0.4) is 0 Å². The summed E-state index contributed by atoms with van der Waals surface area (Å²) in [6, 6.07) is 10.0. The third kappa shape index (κ3) is 5.01. The largest absolute Gasteiger partial charge is 0.573 e. The third-order valence-electron chi connectivity index (χ3n) is 4.79.